The molecule has 0 N–H and O–H groups in total. The smallest absolute Gasteiger partial charge is 0.193 e. The van der Waals surface area contributed by atoms with Crippen LogP contribution >= 0.6 is 23.1 Å². The zero-order valence-electron chi connectivity index (χ0n) is 16.7. The first-order chi connectivity index (χ1) is 12.8. The molecule has 4 heteroatoms. The molecule has 3 rings (SSSR count). The molecule has 1 atom stereocenters. The molecule has 0 aliphatic carbocycles. The molecule has 0 radical (unpaired) electrons. The summed E-state index contributed by atoms with van der Waals surface area (Å²) in [4.78, 5) is 1.26. The van der Waals surface area contributed by atoms with Gasteiger partial charge in [-0.05, 0) is 52.8 Å². The lowest BCUT2D eigenvalue weighted by molar-refractivity contribution is 0.222. The number of hydrogen-bond donors (Lipinski definition) is 0. The Morgan fingerprint density at radius 3 is 2.04 bits per heavy atom. The van der Waals surface area contributed by atoms with E-state index in [0.29, 0.717) is 0 Å². The topological polar surface area (TPSA) is 9.23 Å². The van der Waals surface area contributed by atoms with Gasteiger partial charge in [0.05, 0.1) is 10.3 Å². The molecule has 0 saturated heterocycles. The van der Waals surface area contributed by atoms with Crippen LogP contribution in [0.4, 0.5) is 0 Å². The molecule has 0 saturated carbocycles. The van der Waals surface area contributed by atoms with Crippen molar-refractivity contribution >= 4 is 31.4 Å². The van der Waals surface area contributed by atoms with Crippen molar-refractivity contribution in [2.45, 2.75) is 54.1 Å². The number of thiophene rings is 1. The van der Waals surface area contributed by atoms with E-state index in [1.807, 2.05) is 11.8 Å². The fourth-order valence-electron chi connectivity index (χ4n) is 2.58. The van der Waals surface area contributed by atoms with Gasteiger partial charge in [-0.15, -0.1) is 11.3 Å². The molecular weight excluding hydrogens is 384 g/mol. The molecule has 1 aromatic heterocycles. The van der Waals surface area contributed by atoms with Crippen LogP contribution in [0, 0.1) is 0 Å². The molecule has 3 aromatic rings. The van der Waals surface area contributed by atoms with E-state index in [9.17, 15) is 0 Å². The first-order valence-electron chi connectivity index (χ1n) is 9.30. The van der Waals surface area contributed by atoms with Crippen LogP contribution in [-0.2, 0) is 4.43 Å². The van der Waals surface area contributed by atoms with Crippen LogP contribution in [0.2, 0.25) is 18.1 Å². The van der Waals surface area contributed by atoms with Crippen molar-refractivity contribution in [2.75, 3.05) is 0 Å². The highest BCUT2D eigenvalue weighted by Crippen LogP contribution is 2.42. The van der Waals surface area contributed by atoms with Crippen LogP contribution in [0.15, 0.2) is 81.2 Å². The fourth-order valence-corrected chi connectivity index (χ4v) is 5.54. The molecule has 0 aliphatic heterocycles. The minimum Gasteiger partial charge on any atom is -0.406 e. The normalized spacial score (nSPS) is 13.5. The van der Waals surface area contributed by atoms with Gasteiger partial charge in [-0.3, -0.25) is 0 Å². The lowest BCUT2D eigenvalue weighted by Crippen LogP contribution is -2.42. The van der Waals surface area contributed by atoms with Crippen LogP contribution in [0.3, 0.4) is 0 Å². The van der Waals surface area contributed by atoms with Crippen LogP contribution in [0.5, 0.6) is 0 Å². The summed E-state index contributed by atoms with van der Waals surface area (Å²) in [6.45, 7) is 11.5. The van der Waals surface area contributed by atoms with Crippen molar-refractivity contribution < 1.29 is 4.43 Å². The Labute approximate surface area is 172 Å². The molecule has 27 heavy (non-hydrogen) atoms. The van der Waals surface area contributed by atoms with E-state index < -0.39 is 8.32 Å². The van der Waals surface area contributed by atoms with E-state index in [1.54, 1.807) is 11.3 Å². The number of hydrogen-bond acceptors (Lipinski definition) is 3. The summed E-state index contributed by atoms with van der Waals surface area (Å²) < 4.78 is 8.17. The van der Waals surface area contributed by atoms with Gasteiger partial charge < -0.3 is 4.43 Å². The molecule has 1 nitrogen and oxygen atoms in total. The summed E-state index contributed by atoms with van der Waals surface area (Å²) in [5.41, 5.74) is 2.45. The van der Waals surface area contributed by atoms with E-state index in [4.69, 9.17) is 4.43 Å². The maximum Gasteiger partial charge on any atom is 0.193 e. The maximum atomic E-state index is 6.85. The van der Waals surface area contributed by atoms with Crippen molar-refractivity contribution in [3.8, 4) is 0 Å². The van der Waals surface area contributed by atoms with Gasteiger partial charge >= 0.3 is 0 Å². The molecule has 1 heterocycles. The Hall–Kier alpha value is -1.33. The molecule has 142 valence electrons. The Balaban J connectivity index is 1.89. The first-order valence-corrected chi connectivity index (χ1v) is 13.9. The quantitative estimate of drug-likeness (QED) is 0.379. The largest absolute Gasteiger partial charge is 0.406 e. The van der Waals surface area contributed by atoms with Crippen LogP contribution in [0.1, 0.15) is 38.0 Å². The molecule has 0 spiro atoms. The second-order valence-corrected chi connectivity index (χ2v) is 15.3. The molecule has 0 aliphatic rings. The zero-order chi connectivity index (χ0) is 19.5. The summed E-state index contributed by atoms with van der Waals surface area (Å²) in [6, 6.07) is 23.7. The number of rotatable bonds is 6. The van der Waals surface area contributed by atoms with Crippen LogP contribution in [-0.4, -0.2) is 8.32 Å². The molecule has 0 amide bonds. The first kappa shape index (κ1) is 20.4. The SMILES string of the molecule is CC(C)(C)[Si](C)(C)OC(c1ccccc1)c1ccc(Sc2cccs2)cc1. The Bertz CT molecular complexity index is 834. The Kier molecular flexibility index (Phi) is 6.31. The summed E-state index contributed by atoms with van der Waals surface area (Å²) in [5.74, 6) is 0. The van der Waals surface area contributed by atoms with Gasteiger partial charge in [-0.2, -0.15) is 0 Å². The lowest BCUT2D eigenvalue weighted by Gasteiger charge is -2.39. The molecule has 0 fully saturated rings. The van der Waals surface area contributed by atoms with Crippen molar-refractivity contribution in [1.29, 1.82) is 0 Å². The van der Waals surface area contributed by atoms with Gasteiger partial charge in [0.25, 0.3) is 0 Å². The van der Waals surface area contributed by atoms with E-state index in [1.165, 1.54) is 20.2 Å². The van der Waals surface area contributed by atoms with Gasteiger partial charge in [0.15, 0.2) is 8.32 Å². The fraction of sp³-hybridized carbons (Fsp3) is 0.304. The average molecular weight is 413 g/mol. The van der Waals surface area contributed by atoms with E-state index >= 15 is 0 Å². The minimum absolute atomic E-state index is 0.0205. The Morgan fingerprint density at radius 2 is 1.48 bits per heavy atom. The van der Waals surface area contributed by atoms with Gasteiger partial charge in [0.1, 0.15) is 0 Å². The summed E-state index contributed by atoms with van der Waals surface area (Å²) >= 11 is 3.59. The standard InChI is InChI=1S/C23H28OS2Si/c1-23(2,3)27(4,5)24-22(18-10-7-6-8-11-18)19-13-15-20(16-14-19)26-21-12-9-17-25-21/h6-17,22H,1-5H3. The monoisotopic (exact) mass is 412 g/mol. The van der Waals surface area contributed by atoms with Gasteiger partial charge in [-0.25, -0.2) is 0 Å². The molecule has 0 bridgehead atoms. The Morgan fingerprint density at radius 1 is 0.852 bits per heavy atom. The third-order valence-electron chi connectivity index (χ3n) is 5.22. The van der Waals surface area contributed by atoms with Crippen molar-refractivity contribution in [3.63, 3.8) is 0 Å². The summed E-state index contributed by atoms with van der Waals surface area (Å²) in [6.07, 6.45) is -0.0205. The number of benzene rings is 2. The van der Waals surface area contributed by atoms with Gasteiger partial charge in [-0.1, -0.05) is 81.1 Å². The second-order valence-electron chi connectivity index (χ2n) is 8.27. The van der Waals surface area contributed by atoms with Crippen LogP contribution < -0.4 is 0 Å². The van der Waals surface area contributed by atoms with Gasteiger partial charge in [0, 0.05) is 4.90 Å². The molecular formula is C23H28OS2Si. The predicted molar refractivity (Wildman–Crippen MR) is 121 cm³/mol. The molecule has 2 aromatic carbocycles. The van der Waals surface area contributed by atoms with Gasteiger partial charge in [0.2, 0.25) is 0 Å². The minimum atomic E-state index is -1.90. The van der Waals surface area contributed by atoms with Crippen molar-refractivity contribution in [1.82, 2.24) is 0 Å². The maximum absolute atomic E-state index is 6.85. The summed E-state index contributed by atoms with van der Waals surface area (Å²) in [5, 5.41) is 2.30. The average Bonchev–Trinajstić information content (AvgIpc) is 3.13. The highest BCUT2D eigenvalue weighted by molar-refractivity contribution is 8.01. The van der Waals surface area contributed by atoms with Crippen LogP contribution in [0.25, 0.3) is 0 Å². The van der Waals surface area contributed by atoms with E-state index in [2.05, 4.69) is 106 Å². The zero-order valence-corrected chi connectivity index (χ0v) is 19.4. The molecule has 1 unspecified atom stereocenters. The summed E-state index contributed by atoms with van der Waals surface area (Å²) in [7, 11) is -1.90. The van der Waals surface area contributed by atoms with E-state index in [0.717, 1.165) is 0 Å². The van der Waals surface area contributed by atoms with Crippen molar-refractivity contribution in [3.05, 3.63) is 83.2 Å². The highest BCUT2D eigenvalue weighted by atomic mass is 32.2. The van der Waals surface area contributed by atoms with Crippen molar-refractivity contribution in [2.24, 2.45) is 0 Å². The predicted octanol–water partition coefficient (Wildman–Crippen LogP) is 8.01. The lowest BCUT2D eigenvalue weighted by atomic mass is 10.0. The highest BCUT2D eigenvalue weighted by Gasteiger charge is 2.39. The van der Waals surface area contributed by atoms with E-state index in [-0.39, 0.29) is 11.1 Å². The third-order valence-corrected chi connectivity index (χ3v) is 11.7. The second kappa shape index (κ2) is 8.35. The third kappa shape index (κ3) is 5.14.